The zero-order valence-corrected chi connectivity index (χ0v) is 11.8. The lowest BCUT2D eigenvalue weighted by Crippen LogP contribution is -2.31. The van der Waals surface area contributed by atoms with Gasteiger partial charge >= 0.3 is 6.09 Å². The molecule has 0 aliphatic heterocycles. The fourth-order valence-corrected chi connectivity index (χ4v) is 2.90. The third-order valence-electron chi connectivity index (χ3n) is 2.88. The van der Waals surface area contributed by atoms with Crippen LogP contribution in [0.5, 0.6) is 5.75 Å². The van der Waals surface area contributed by atoms with Crippen molar-refractivity contribution in [3.63, 3.8) is 0 Å². The summed E-state index contributed by atoms with van der Waals surface area (Å²) in [4.78, 5) is 21.8. The number of aromatic hydroxyl groups is 1. The molecule has 8 nitrogen and oxygen atoms in total. The van der Waals surface area contributed by atoms with E-state index in [-0.39, 0.29) is 31.7 Å². The Morgan fingerprint density at radius 3 is 2.43 bits per heavy atom. The number of hydrogen-bond acceptors (Lipinski definition) is 6. The van der Waals surface area contributed by atoms with Gasteiger partial charge in [0.05, 0.1) is 4.90 Å². The number of benzene rings is 1. The number of sulfonamides is 1. The first-order valence-corrected chi connectivity index (χ1v) is 7.08. The van der Waals surface area contributed by atoms with Crippen LogP contribution in [0.25, 0.3) is 11.0 Å². The lowest BCUT2D eigenvalue weighted by atomic mass is 10.2. The number of fused-ring (bicyclic) bond motifs is 1. The van der Waals surface area contributed by atoms with Crippen LogP contribution in [-0.2, 0) is 10.0 Å². The van der Waals surface area contributed by atoms with Crippen LogP contribution in [0.15, 0.2) is 27.5 Å². The van der Waals surface area contributed by atoms with Crippen molar-refractivity contribution in [3.8, 4) is 5.75 Å². The molecule has 0 bridgehead atoms. The number of amides is 1. The van der Waals surface area contributed by atoms with Gasteiger partial charge in [0.15, 0.2) is 22.9 Å². The molecule has 0 unspecified atom stereocenters. The molecule has 0 saturated carbocycles. The zero-order chi connectivity index (χ0) is 15.9. The monoisotopic (exact) mass is 313 g/mol. The molecule has 0 radical (unpaired) electrons. The first kappa shape index (κ1) is 14.9. The number of nitrogens with zero attached hydrogens (tertiary/aromatic N) is 1. The molecule has 1 aromatic heterocycles. The fourth-order valence-electron chi connectivity index (χ4n) is 1.73. The summed E-state index contributed by atoms with van der Waals surface area (Å²) >= 11 is 0. The number of hydrogen-bond donors (Lipinski definition) is 2. The van der Waals surface area contributed by atoms with Gasteiger partial charge in [-0.25, -0.2) is 17.5 Å². The van der Waals surface area contributed by atoms with Crippen molar-refractivity contribution in [2.24, 2.45) is 0 Å². The van der Waals surface area contributed by atoms with Crippen LogP contribution >= 0.6 is 0 Å². The molecule has 21 heavy (non-hydrogen) atoms. The summed E-state index contributed by atoms with van der Waals surface area (Å²) in [5.74, 6) is -0.948. The first-order valence-electron chi connectivity index (χ1n) is 5.64. The SMILES string of the molecule is CC(=O)c1cc2c(S(=O)(=O)N(C)C(=O)O)ccc(O)c2o1. The molecule has 2 aromatic rings. The number of ketones is 1. The van der Waals surface area contributed by atoms with E-state index in [0.717, 1.165) is 25.2 Å². The fraction of sp³-hybridized carbons (Fsp3) is 0.167. The van der Waals surface area contributed by atoms with Crippen molar-refractivity contribution in [3.05, 3.63) is 24.0 Å². The molecule has 0 saturated heterocycles. The predicted molar refractivity (Wildman–Crippen MR) is 70.9 cm³/mol. The zero-order valence-electron chi connectivity index (χ0n) is 11.0. The van der Waals surface area contributed by atoms with Crippen molar-refractivity contribution in [2.45, 2.75) is 11.8 Å². The number of phenolic OH excluding ortho intramolecular Hbond substituents is 1. The number of rotatable bonds is 3. The molecule has 0 spiro atoms. The van der Waals surface area contributed by atoms with Gasteiger partial charge < -0.3 is 14.6 Å². The standard InChI is InChI=1S/C12H11NO7S/c1-6(14)9-5-7-10(4-3-8(15)11(7)20-9)21(18,19)13(2)12(16)17/h3-5,15H,1-2H3,(H,16,17). The maximum atomic E-state index is 12.2. The number of Topliss-reactive ketones (excluding diaryl/α,β-unsaturated/α-hetero) is 1. The number of carboxylic acid groups (broad SMARTS) is 1. The largest absolute Gasteiger partial charge is 0.504 e. The maximum absolute atomic E-state index is 12.2. The topological polar surface area (TPSA) is 125 Å². The van der Waals surface area contributed by atoms with Gasteiger partial charge in [-0.1, -0.05) is 0 Å². The van der Waals surface area contributed by atoms with Crippen molar-refractivity contribution in [2.75, 3.05) is 7.05 Å². The predicted octanol–water partition coefficient (Wildman–Crippen LogP) is 1.64. The molecule has 112 valence electrons. The normalized spacial score (nSPS) is 11.5. The average molecular weight is 313 g/mol. The van der Waals surface area contributed by atoms with Crippen LogP contribution in [0.1, 0.15) is 17.5 Å². The van der Waals surface area contributed by atoms with Crippen LogP contribution in [-0.4, -0.2) is 41.9 Å². The van der Waals surface area contributed by atoms with Gasteiger partial charge in [0, 0.05) is 19.4 Å². The molecule has 1 aromatic carbocycles. The third kappa shape index (κ3) is 2.31. The van der Waals surface area contributed by atoms with E-state index in [1.165, 1.54) is 6.92 Å². The van der Waals surface area contributed by atoms with E-state index in [0.29, 0.717) is 0 Å². The van der Waals surface area contributed by atoms with Crippen LogP contribution in [0.3, 0.4) is 0 Å². The maximum Gasteiger partial charge on any atom is 0.421 e. The first-order chi connectivity index (χ1) is 9.66. The van der Waals surface area contributed by atoms with E-state index in [4.69, 9.17) is 9.52 Å². The highest BCUT2D eigenvalue weighted by Gasteiger charge is 2.29. The number of carbonyl (C=O) groups is 2. The number of furan rings is 1. The number of phenols is 1. The van der Waals surface area contributed by atoms with E-state index < -0.39 is 21.9 Å². The Morgan fingerprint density at radius 1 is 1.29 bits per heavy atom. The van der Waals surface area contributed by atoms with Gasteiger partial charge in [-0.3, -0.25) is 4.79 Å². The minimum Gasteiger partial charge on any atom is -0.504 e. The quantitative estimate of drug-likeness (QED) is 0.825. The molecule has 1 amide bonds. The highest BCUT2D eigenvalue weighted by atomic mass is 32.2. The van der Waals surface area contributed by atoms with E-state index in [2.05, 4.69) is 0 Å². The Bertz CT molecular complexity index is 850. The summed E-state index contributed by atoms with van der Waals surface area (Å²) in [6.45, 7) is 1.21. The molecule has 2 N–H and O–H groups in total. The van der Waals surface area contributed by atoms with Gasteiger partial charge in [-0.05, 0) is 18.2 Å². The summed E-state index contributed by atoms with van der Waals surface area (Å²) in [6.07, 6.45) is -1.66. The van der Waals surface area contributed by atoms with Crippen LogP contribution in [0, 0.1) is 0 Å². The van der Waals surface area contributed by atoms with Crippen LogP contribution < -0.4 is 0 Å². The van der Waals surface area contributed by atoms with Crippen LogP contribution in [0.2, 0.25) is 0 Å². The Hall–Kier alpha value is -2.55. The lowest BCUT2D eigenvalue weighted by Gasteiger charge is -2.14. The summed E-state index contributed by atoms with van der Waals surface area (Å²) in [7, 11) is -3.47. The minimum absolute atomic E-state index is 0.0618. The van der Waals surface area contributed by atoms with Crippen LogP contribution in [0.4, 0.5) is 4.79 Å². The van der Waals surface area contributed by atoms with Crippen molar-refractivity contribution in [1.82, 2.24) is 4.31 Å². The van der Waals surface area contributed by atoms with E-state index in [1.807, 2.05) is 0 Å². The Kier molecular flexibility index (Phi) is 3.38. The summed E-state index contributed by atoms with van der Waals surface area (Å²) in [5.41, 5.74) is -0.194. The molecule has 0 fully saturated rings. The Labute approximate surface area is 119 Å². The molecule has 9 heteroatoms. The van der Waals surface area contributed by atoms with E-state index in [9.17, 15) is 23.1 Å². The molecule has 0 aliphatic rings. The van der Waals surface area contributed by atoms with Gasteiger partial charge in [0.25, 0.3) is 10.0 Å². The van der Waals surface area contributed by atoms with Gasteiger partial charge in [-0.2, -0.15) is 0 Å². The number of carbonyl (C=O) groups excluding carboxylic acids is 1. The summed E-state index contributed by atoms with van der Waals surface area (Å²) in [5, 5.41) is 18.4. The van der Waals surface area contributed by atoms with Gasteiger partial charge in [0.2, 0.25) is 0 Å². The van der Waals surface area contributed by atoms with Gasteiger partial charge in [-0.15, -0.1) is 0 Å². The molecule has 0 atom stereocenters. The smallest absolute Gasteiger partial charge is 0.421 e. The van der Waals surface area contributed by atoms with Crippen molar-refractivity contribution < 1.29 is 32.6 Å². The second kappa shape index (κ2) is 4.77. The Balaban J connectivity index is 2.79. The highest BCUT2D eigenvalue weighted by Crippen LogP contribution is 2.34. The molecule has 2 rings (SSSR count). The lowest BCUT2D eigenvalue weighted by molar-refractivity contribution is 0.0989. The third-order valence-corrected chi connectivity index (χ3v) is 4.67. The van der Waals surface area contributed by atoms with Gasteiger partial charge in [0.1, 0.15) is 0 Å². The highest BCUT2D eigenvalue weighted by molar-refractivity contribution is 7.89. The second-order valence-corrected chi connectivity index (χ2v) is 6.19. The van der Waals surface area contributed by atoms with Crippen molar-refractivity contribution in [1.29, 1.82) is 0 Å². The van der Waals surface area contributed by atoms with E-state index in [1.54, 1.807) is 0 Å². The van der Waals surface area contributed by atoms with E-state index >= 15 is 0 Å². The Morgan fingerprint density at radius 2 is 1.90 bits per heavy atom. The molecule has 0 aliphatic carbocycles. The minimum atomic E-state index is -4.34. The summed E-state index contributed by atoms with van der Waals surface area (Å²) in [6, 6.07) is 3.25. The molecule has 1 heterocycles. The molecular weight excluding hydrogens is 302 g/mol. The van der Waals surface area contributed by atoms with Crippen molar-refractivity contribution >= 4 is 32.9 Å². The average Bonchev–Trinajstić information content (AvgIpc) is 2.83. The summed E-state index contributed by atoms with van der Waals surface area (Å²) < 4.78 is 29.7. The molecular formula is C12H11NO7S. The second-order valence-electron chi connectivity index (χ2n) is 4.25.